The summed E-state index contributed by atoms with van der Waals surface area (Å²) in [5.41, 5.74) is 0.423. The van der Waals surface area contributed by atoms with E-state index in [9.17, 15) is 22.8 Å². The summed E-state index contributed by atoms with van der Waals surface area (Å²) in [5.74, 6) is -1.84. The highest BCUT2D eigenvalue weighted by Gasteiger charge is 2.33. The number of aryl methyl sites for hydroxylation is 1. The average molecular weight is 491 g/mol. The van der Waals surface area contributed by atoms with Crippen LogP contribution in [0.3, 0.4) is 0 Å². The lowest BCUT2D eigenvalue weighted by atomic mass is 10.0. The van der Waals surface area contributed by atoms with Gasteiger partial charge >= 0.3 is 0 Å². The van der Waals surface area contributed by atoms with Gasteiger partial charge < -0.3 is 15.1 Å². The van der Waals surface area contributed by atoms with Crippen LogP contribution in [-0.2, 0) is 37.2 Å². The number of nitrogens with one attached hydrogen (secondary N) is 3. The minimum absolute atomic E-state index is 0.0214. The first-order valence-corrected chi connectivity index (χ1v) is 12.8. The molecule has 184 valence electrons. The maximum atomic E-state index is 13.2. The zero-order valence-electron chi connectivity index (χ0n) is 19.2. The fraction of sp³-hybridized carbons (Fsp3) is 0.478. The number of fused-ring (bicyclic) bond motifs is 2. The molecule has 34 heavy (non-hydrogen) atoms. The van der Waals surface area contributed by atoms with E-state index in [2.05, 4.69) is 20.3 Å². The molecule has 2 aromatic rings. The predicted molar refractivity (Wildman–Crippen MR) is 123 cm³/mol. The van der Waals surface area contributed by atoms with Gasteiger partial charge in [-0.05, 0) is 37.3 Å². The van der Waals surface area contributed by atoms with Crippen molar-refractivity contribution < 1.29 is 27.2 Å². The van der Waals surface area contributed by atoms with E-state index in [1.807, 2.05) is 13.8 Å². The van der Waals surface area contributed by atoms with E-state index >= 15 is 0 Å². The van der Waals surface area contributed by atoms with Gasteiger partial charge in [-0.3, -0.25) is 14.4 Å². The number of rotatable bonds is 7. The number of hydrogen-bond donors (Lipinski definition) is 3. The predicted octanol–water partition coefficient (Wildman–Crippen LogP) is 1.12. The third-order valence-corrected chi connectivity index (χ3v) is 6.83. The van der Waals surface area contributed by atoms with E-state index in [1.165, 1.54) is 18.4 Å². The Balaban J connectivity index is 1.82. The number of sulfonamides is 1. The Kier molecular flexibility index (Phi) is 8.56. The molecule has 0 saturated heterocycles. The van der Waals surface area contributed by atoms with Crippen LogP contribution in [0.5, 0.6) is 0 Å². The molecule has 1 aromatic carbocycles. The van der Waals surface area contributed by atoms with Crippen LogP contribution < -0.4 is 15.4 Å². The van der Waals surface area contributed by atoms with Crippen molar-refractivity contribution in [2.45, 2.75) is 62.9 Å². The molecule has 10 nitrogen and oxygen atoms in total. The largest absolute Gasteiger partial charge is 0.449 e. The van der Waals surface area contributed by atoms with Gasteiger partial charge in [0.05, 0.1) is 10.6 Å². The van der Waals surface area contributed by atoms with Crippen LogP contribution in [0.1, 0.15) is 44.7 Å². The molecular formula is C23H30N4O6S. The number of carbonyl (C=O) groups excluding carboxylic acids is 3. The molecule has 1 aromatic heterocycles. The van der Waals surface area contributed by atoms with Gasteiger partial charge in [0, 0.05) is 19.4 Å². The summed E-state index contributed by atoms with van der Waals surface area (Å²) in [7, 11) is -3.98. The highest BCUT2D eigenvalue weighted by atomic mass is 32.2. The second-order valence-corrected chi connectivity index (χ2v) is 10.4. The number of benzene rings is 1. The van der Waals surface area contributed by atoms with Gasteiger partial charge in [-0.25, -0.2) is 13.4 Å². The topological polar surface area (TPSA) is 147 Å². The number of Topliss-reactive ketones (excluding diaryl/α,β-unsaturated/α-hetero) is 1. The summed E-state index contributed by atoms with van der Waals surface area (Å²) in [6.45, 7) is 4.01. The molecule has 0 saturated carbocycles. The molecule has 11 heteroatoms. The van der Waals surface area contributed by atoms with Gasteiger partial charge in [0.2, 0.25) is 21.7 Å². The normalized spacial score (nSPS) is 18.5. The smallest absolute Gasteiger partial charge is 0.289 e. The second kappa shape index (κ2) is 11.4. The molecule has 3 rings (SSSR count). The maximum absolute atomic E-state index is 13.2. The molecule has 0 spiro atoms. The third kappa shape index (κ3) is 6.97. The summed E-state index contributed by atoms with van der Waals surface area (Å²) < 4.78 is 33.5. The van der Waals surface area contributed by atoms with E-state index < -0.39 is 39.7 Å². The minimum atomic E-state index is -3.98. The highest BCUT2D eigenvalue weighted by molar-refractivity contribution is 7.89. The van der Waals surface area contributed by atoms with Crippen LogP contribution in [0.15, 0.2) is 45.9 Å². The van der Waals surface area contributed by atoms with Crippen molar-refractivity contribution in [1.29, 1.82) is 0 Å². The summed E-state index contributed by atoms with van der Waals surface area (Å²) in [6.07, 6.45) is 3.53. The number of amides is 2. The summed E-state index contributed by atoms with van der Waals surface area (Å²) in [6, 6.07) is 5.34. The summed E-state index contributed by atoms with van der Waals surface area (Å²) in [5, 5.41) is 5.14. The Bertz CT molecular complexity index is 1110. The first-order chi connectivity index (χ1) is 16.2. The number of oxazole rings is 1. The van der Waals surface area contributed by atoms with Gasteiger partial charge in [0.25, 0.3) is 5.91 Å². The maximum Gasteiger partial charge on any atom is 0.289 e. The quantitative estimate of drug-likeness (QED) is 0.493. The number of hydrogen-bond acceptors (Lipinski definition) is 7. The number of carbonyl (C=O) groups is 3. The van der Waals surface area contributed by atoms with E-state index in [1.54, 1.807) is 18.2 Å². The van der Waals surface area contributed by atoms with Crippen LogP contribution in [0.2, 0.25) is 0 Å². The monoisotopic (exact) mass is 490 g/mol. The van der Waals surface area contributed by atoms with Gasteiger partial charge in [0.1, 0.15) is 18.3 Å². The Morgan fingerprint density at radius 1 is 1.21 bits per heavy atom. The molecule has 2 heterocycles. The molecule has 2 atom stereocenters. The number of aromatic nitrogens is 1. The SMILES string of the molecule is CC(C)CC(NS(=O)(=O)c1ccccc1)C(=O)NC1Cc2coc(n2)CCCCNC(=O)C1=O. The Hall–Kier alpha value is -3.05. The van der Waals surface area contributed by atoms with E-state index in [0.717, 1.165) is 6.42 Å². The average Bonchev–Trinajstić information content (AvgIpc) is 3.24. The van der Waals surface area contributed by atoms with Crippen molar-refractivity contribution in [2.24, 2.45) is 5.92 Å². The summed E-state index contributed by atoms with van der Waals surface area (Å²) >= 11 is 0. The van der Waals surface area contributed by atoms with E-state index in [4.69, 9.17) is 4.42 Å². The van der Waals surface area contributed by atoms with Crippen LogP contribution in [0.25, 0.3) is 0 Å². The molecule has 3 N–H and O–H groups in total. The Labute approximate surface area is 199 Å². The molecule has 2 bridgehead atoms. The van der Waals surface area contributed by atoms with Gasteiger partial charge in [0.15, 0.2) is 5.89 Å². The van der Waals surface area contributed by atoms with Crippen molar-refractivity contribution in [1.82, 2.24) is 20.3 Å². The zero-order chi connectivity index (χ0) is 24.7. The lowest BCUT2D eigenvalue weighted by molar-refractivity contribution is -0.140. The van der Waals surface area contributed by atoms with Crippen molar-refractivity contribution in [3.05, 3.63) is 48.2 Å². The lowest BCUT2D eigenvalue weighted by Gasteiger charge is -2.23. The van der Waals surface area contributed by atoms with Crippen molar-refractivity contribution in [2.75, 3.05) is 6.54 Å². The first-order valence-electron chi connectivity index (χ1n) is 11.3. The van der Waals surface area contributed by atoms with E-state index in [0.29, 0.717) is 31.0 Å². The van der Waals surface area contributed by atoms with Crippen LogP contribution in [0, 0.1) is 5.92 Å². The Morgan fingerprint density at radius 3 is 2.65 bits per heavy atom. The summed E-state index contributed by atoms with van der Waals surface area (Å²) in [4.78, 5) is 42.8. The number of ketones is 1. The van der Waals surface area contributed by atoms with Gasteiger partial charge in [-0.15, -0.1) is 0 Å². The molecule has 0 radical (unpaired) electrons. The van der Waals surface area contributed by atoms with E-state index in [-0.39, 0.29) is 23.7 Å². The molecular weight excluding hydrogens is 460 g/mol. The standard InChI is InChI=1S/C23H30N4O6S/c1-15(2)12-19(27-34(31,32)17-8-4-3-5-9-17)22(29)26-18-13-16-14-33-20(25-16)10-6-7-11-24-23(30)21(18)28/h3-5,8-9,14-15,18-19,27H,6-7,10-13H2,1-2H3,(H,24,30)(H,26,29). The molecule has 0 aliphatic carbocycles. The van der Waals surface area contributed by atoms with Crippen LogP contribution in [-0.4, -0.2) is 49.6 Å². The van der Waals surface area contributed by atoms with Crippen molar-refractivity contribution >= 4 is 27.6 Å². The van der Waals surface area contributed by atoms with Gasteiger partial charge in [-0.2, -0.15) is 4.72 Å². The van der Waals surface area contributed by atoms with Crippen molar-refractivity contribution in [3.63, 3.8) is 0 Å². The fourth-order valence-corrected chi connectivity index (χ4v) is 4.86. The van der Waals surface area contributed by atoms with Crippen LogP contribution in [0.4, 0.5) is 0 Å². The second-order valence-electron chi connectivity index (χ2n) is 8.69. The third-order valence-electron chi connectivity index (χ3n) is 5.35. The molecule has 2 unspecified atom stereocenters. The highest BCUT2D eigenvalue weighted by Crippen LogP contribution is 2.14. The van der Waals surface area contributed by atoms with Crippen molar-refractivity contribution in [3.8, 4) is 0 Å². The minimum Gasteiger partial charge on any atom is -0.449 e. The lowest BCUT2D eigenvalue weighted by Crippen LogP contribution is -2.54. The van der Waals surface area contributed by atoms with Crippen LogP contribution >= 0.6 is 0 Å². The van der Waals surface area contributed by atoms with Gasteiger partial charge in [-0.1, -0.05) is 32.0 Å². The first kappa shape index (κ1) is 25.6. The fourth-order valence-electron chi connectivity index (χ4n) is 3.63. The molecule has 2 amide bonds. The Morgan fingerprint density at radius 2 is 1.94 bits per heavy atom. The zero-order valence-corrected chi connectivity index (χ0v) is 20.1. The molecule has 1 aliphatic rings. The molecule has 0 fully saturated rings. The number of nitrogens with zero attached hydrogens (tertiary/aromatic N) is 1. The molecule has 1 aliphatic heterocycles.